The molecule has 0 aliphatic heterocycles. The molecule has 2 aromatic carbocycles. The van der Waals surface area contributed by atoms with Gasteiger partial charge >= 0.3 is 5.97 Å². The van der Waals surface area contributed by atoms with Gasteiger partial charge in [0.25, 0.3) is 0 Å². The van der Waals surface area contributed by atoms with E-state index in [4.69, 9.17) is 0 Å². The van der Waals surface area contributed by atoms with Gasteiger partial charge in [-0.3, -0.25) is 4.79 Å². The van der Waals surface area contributed by atoms with E-state index in [0.29, 0.717) is 0 Å². The van der Waals surface area contributed by atoms with Crippen LogP contribution in [0.5, 0.6) is 0 Å². The number of rotatable bonds is 5. The number of hydrogen-bond acceptors (Lipinski definition) is 3. The topological polar surface area (TPSA) is 71.4 Å². The van der Waals surface area contributed by atoms with Crippen LogP contribution in [-0.2, 0) is 21.1 Å². The van der Waals surface area contributed by atoms with Crippen LogP contribution in [0.15, 0.2) is 59.5 Å². The molecular weight excluding hydrogens is 312 g/mol. The van der Waals surface area contributed by atoms with Crippen LogP contribution in [0.2, 0.25) is 0 Å². The van der Waals surface area contributed by atoms with Gasteiger partial charge in [-0.05, 0) is 29.7 Å². The maximum Gasteiger partial charge on any atom is 0.308 e. The van der Waals surface area contributed by atoms with E-state index in [0.717, 1.165) is 17.5 Å². The molecule has 1 saturated carbocycles. The summed E-state index contributed by atoms with van der Waals surface area (Å²) in [7, 11) is -3.65. The average Bonchev–Trinajstić information content (AvgIpc) is 3.32. The zero-order chi connectivity index (χ0) is 16.6. The molecule has 0 radical (unpaired) electrons. The van der Waals surface area contributed by atoms with Crippen molar-refractivity contribution >= 4 is 15.8 Å². The van der Waals surface area contributed by atoms with Crippen molar-refractivity contribution in [1.82, 2.24) is 0 Å². The number of carboxylic acids is 1. The molecule has 1 fully saturated rings. The van der Waals surface area contributed by atoms with Gasteiger partial charge in [-0.2, -0.15) is 0 Å². The molecule has 0 amide bonds. The minimum atomic E-state index is -3.65. The van der Waals surface area contributed by atoms with Crippen LogP contribution in [0.4, 0.5) is 0 Å². The van der Waals surface area contributed by atoms with Crippen molar-refractivity contribution in [1.29, 1.82) is 0 Å². The molecule has 2 aromatic rings. The summed E-state index contributed by atoms with van der Waals surface area (Å²) in [4.78, 5) is 11.7. The van der Waals surface area contributed by atoms with Gasteiger partial charge in [-0.25, -0.2) is 8.42 Å². The molecular formula is C18H18O4S. The number of benzene rings is 2. The number of hydrogen-bond donors (Lipinski definition) is 1. The van der Waals surface area contributed by atoms with Gasteiger partial charge in [0.15, 0.2) is 9.84 Å². The molecule has 0 spiro atoms. The van der Waals surface area contributed by atoms with Gasteiger partial charge in [-0.1, -0.05) is 49.4 Å². The van der Waals surface area contributed by atoms with Crippen molar-refractivity contribution in [2.75, 3.05) is 0 Å². The fourth-order valence-corrected chi connectivity index (χ4v) is 5.25. The van der Waals surface area contributed by atoms with E-state index in [2.05, 4.69) is 0 Å². The summed E-state index contributed by atoms with van der Waals surface area (Å²) in [6.07, 6.45) is 0.888. The fraction of sp³-hybridized carbons (Fsp3) is 0.278. The first kappa shape index (κ1) is 15.7. The third-order valence-corrected chi connectivity index (χ3v) is 6.67. The molecule has 5 heteroatoms. The van der Waals surface area contributed by atoms with Gasteiger partial charge in [-0.15, -0.1) is 0 Å². The maximum absolute atomic E-state index is 12.8. The Labute approximate surface area is 135 Å². The zero-order valence-electron chi connectivity index (χ0n) is 12.7. The van der Waals surface area contributed by atoms with Gasteiger partial charge in [0.2, 0.25) is 0 Å². The predicted molar refractivity (Wildman–Crippen MR) is 87.1 cm³/mol. The smallest absolute Gasteiger partial charge is 0.308 e. The normalized spacial score (nSPS) is 23.4. The summed E-state index contributed by atoms with van der Waals surface area (Å²) in [5.41, 5.74) is 1.92. The Morgan fingerprint density at radius 1 is 1.04 bits per heavy atom. The second-order valence-electron chi connectivity index (χ2n) is 5.81. The molecule has 120 valence electrons. The van der Waals surface area contributed by atoms with Crippen LogP contribution in [0, 0.1) is 5.92 Å². The van der Waals surface area contributed by atoms with E-state index in [1.165, 1.54) is 12.1 Å². The molecule has 23 heavy (non-hydrogen) atoms. The summed E-state index contributed by atoms with van der Waals surface area (Å²) in [5.74, 6) is -2.42. The minimum absolute atomic E-state index is 0.184. The quantitative estimate of drug-likeness (QED) is 0.915. The first-order chi connectivity index (χ1) is 11.0. The average molecular weight is 330 g/mol. The summed E-state index contributed by atoms with van der Waals surface area (Å²) in [6, 6.07) is 15.6. The van der Waals surface area contributed by atoms with E-state index in [9.17, 15) is 18.3 Å². The molecule has 4 nitrogen and oxygen atoms in total. The van der Waals surface area contributed by atoms with Crippen molar-refractivity contribution in [3.05, 3.63) is 65.7 Å². The van der Waals surface area contributed by atoms with Crippen molar-refractivity contribution in [3.8, 4) is 0 Å². The van der Waals surface area contributed by atoms with Gasteiger partial charge in [0.05, 0.1) is 16.1 Å². The fourth-order valence-electron chi connectivity index (χ4n) is 3.10. The van der Waals surface area contributed by atoms with Crippen LogP contribution >= 0.6 is 0 Å². The van der Waals surface area contributed by atoms with E-state index < -0.39 is 32.9 Å². The number of carbonyl (C=O) groups is 1. The van der Waals surface area contributed by atoms with Gasteiger partial charge in [0, 0.05) is 5.92 Å². The minimum Gasteiger partial charge on any atom is -0.481 e. The lowest BCUT2D eigenvalue weighted by Crippen LogP contribution is -2.13. The van der Waals surface area contributed by atoms with Gasteiger partial charge < -0.3 is 5.11 Å². The highest BCUT2D eigenvalue weighted by molar-refractivity contribution is 7.92. The van der Waals surface area contributed by atoms with Crippen molar-refractivity contribution < 1.29 is 18.3 Å². The SMILES string of the molecule is CCc1ccc(C2C(C(=O)O)C2S(=O)(=O)c2ccccc2)cc1. The number of aryl methyl sites for hydroxylation is 1. The second kappa shape index (κ2) is 5.81. The van der Waals surface area contributed by atoms with Gasteiger partial charge in [0.1, 0.15) is 0 Å². The highest BCUT2D eigenvalue weighted by atomic mass is 32.2. The molecule has 0 aromatic heterocycles. The molecule has 0 bridgehead atoms. The summed E-state index contributed by atoms with van der Waals surface area (Å²) in [6.45, 7) is 2.04. The van der Waals surface area contributed by atoms with Crippen molar-refractivity contribution in [2.45, 2.75) is 29.4 Å². The largest absolute Gasteiger partial charge is 0.481 e. The first-order valence-corrected chi connectivity index (χ1v) is 9.12. The molecule has 3 unspecified atom stereocenters. The lowest BCUT2D eigenvalue weighted by atomic mass is 10.1. The highest BCUT2D eigenvalue weighted by Crippen LogP contribution is 2.54. The van der Waals surface area contributed by atoms with E-state index in [1.807, 2.05) is 31.2 Å². The summed E-state index contributed by atoms with van der Waals surface area (Å²) < 4.78 is 25.5. The third-order valence-electron chi connectivity index (χ3n) is 4.44. The Hall–Kier alpha value is -2.14. The van der Waals surface area contributed by atoms with E-state index in [1.54, 1.807) is 18.2 Å². The number of carboxylic acid groups (broad SMARTS) is 1. The van der Waals surface area contributed by atoms with Crippen LogP contribution in [0.25, 0.3) is 0 Å². The Morgan fingerprint density at radius 3 is 2.17 bits per heavy atom. The van der Waals surface area contributed by atoms with Crippen LogP contribution < -0.4 is 0 Å². The Bertz CT molecular complexity index is 810. The number of sulfone groups is 1. The van der Waals surface area contributed by atoms with E-state index >= 15 is 0 Å². The Morgan fingerprint density at radius 2 is 1.65 bits per heavy atom. The molecule has 1 N–H and O–H groups in total. The van der Waals surface area contributed by atoms with Crippen LogP contribution in [-0.4, -0.2) is 24.7 Å². The highest BCUT2D eigenvalue weighted by Gasteiger charge is 2.63. The first-order valence-electron chi connectivity index (χ1n) is 7.57. The van der Waals surface area contributed by atoms with Crippen molar-refractivity contribution in [3.63, 3.8) is 0 Å². The third kappa shape index (κ3) is 2.77. The van der Waals surface area contributed by atoms with Crippen LogP contribution in [0.3, 0.4) is 0 Å². The predicted octanol–water partition coefficient (Wildman–Crippen LogP) is 2.89. The lowest BCUT2D eigenvalue weighted by molar-refractivity contribution is -0.138. The molecule has 0 saturated heterocycles. The molecule has 1 aliphatic carbocycles. The second-order valence-corrected chi connectivity index (χ2v) is 7.91. The maximum atomic E-state index is 12.8. The Balaban J connectivity index is 1.96. The molecule has 0 heterocycles. The number of aliphatic carboxylic acids is 1. The molecule has 3 rings (SSSR count). The summed E-state index contributed by atoms with van der Waals surface area (Å²) in [5, 5.41) is 8.51. The standard InChI is InChI=1S/C18H18O4S/c1-2-12-8-10-13(11-9-12)15-16(18(19)20)17(15)23(21,22)14-6-4-3-5-7-14/h3-11,15-17H,2H2,1H3,(H,19,20). The molecule has 1 aliphatic rings. The Kier molecular flexibility index (Phi) is 3.98. The van der Waals surface area contributed by atoms with Crippen molar-refractivity contribution in [2.24, 2.45) is 5.92 Å². The van der Waals surface area contributed by atoms with E-state index in [-0.39, 0.29) is 4.90 Å². The lowest BCUT2D eigenvalue weighted by Gasteiger charge is -2.04. The molecule has 3 atom stereocenters. The monoisotopic (exact) mass is 330 g/mol. The zero-order valence-corrected chi connectivity index (χ0v) is 13.5. The summed E-state index contributed by atoms with van der Waals surface area (Å²) >= 11 is 0. The van der Waals surface area contributed by atoms with Crippen LogP contribution in [0.1, 0.15) is 24.0 Å².